The molecule has 1 aromatic heterocycles. The average Bonchev–Trinajstić information content (AvgIpc) is 2.51. The molecule has 0 radical (unpaired) electrons. The van der Waals surface area contributed by atoms with Gasteiger partial charge in [-0.25, -0.2) is 9.37 Å². The molecule has 122 valence electrons. The van der Waals surface area contributed by atoms with Gasteiger partial charge in [0, 0.05) is 17.7 Å². The van der Waals surface area contributed by atoms with Gasteiger partial charge in [-0.3, -0.25) is 4.79 Å². The summed E-state index contributed by atoms with van der Waals surface area (Å²) in [7, 11) is 0. The second-order valence-corrected chi connectivity index (χ2v) is 6.01. The fraction of sp³-hybridized carbons (Fsp3) is 0.294. The highest BCUT2D eigenvalue weighted by Gasteiger charge is 2.20. The van der Waals surface area contributed by atoms with E-state index in [9.17, 15) is 9.18 Å². The molecule has 2 rings (SSSR count). The number of nitrogens with two attached hydrogens (primary N) is 1. The fourth-order valence-corrected chi connectivity index (χ4v) is 2.56. The van der Waals surface area contributed by atoms with Crippen molar-refractivity contribution in [3.8, 4) is 0 Å². The van der Waals surface area contributed by atoms with E-state index < -0.39 is 0 Å². The summed E-state index contributed by atoms with van der Waals surface area (Å²) in [6.45, 7) is 4.38. The van der Waals surface area contributed by atoms with Crippen molar-refractivity contribution in [3.63, 3.8) is 0 Å². The Hall–Kier alpha value is -1.98. The van der Waals surface area contributed by atoms with Crippen LogP contribution in [-0.4, -0.2) is 17.4 Å². The SMILES string of the molecule is CC(C)[C@H]([NH2+]CC(=O)Nc1cccnc1Cl)c1ccc(F)cc1. The van der Waals surface area contributed by atoms with E-state index in [0.717, 1.165) is 5.56 Å². The van der Waals surface area contributed by atoms with Gasteiger partial charge in [-0.15, -0.1) is 0 Å². The fourth-order valence-electron chi connectivity index (χ4n) is 2.39. The second kappa shape index (κ2) is 8.04. The molecule has 0 unspecified atom stereocenters. The Morgan fingerprint density at radius 1 is 1.30 bits per heavy atom. The van der Waals surface area contributed by atoms with E-state index in [1.165, 1.54) is 12.1 Å². The highest BCUT2D eigenvalue weighted by Crippen LogP contribution is 2.18. The molecule has 1 heterocycles. The summed E-state index contributed by atoms with van der Waals surface area (Å²) in [4.78, 5) is 16.0. The maximum Gasteiger partial charge on any atom is 0.279 e. The number of rotatable bonds is 6. The van der Waals surface area contributed by atoms with Crippen LogP contribution in [0.5, 0.6) is 0 Å². The average molecular weight is 337 g/mol. The van der Waals surface area contributed by atoms with E-state index >= 15 is 0 Å². The molecule has 0 aliphatic rings. The third-order valence-corrected chi connectivity index (χ3v) is 3.86. The Labute approximate surface area is 140 Å². The van der Waals surface area contributed by atoms with Crippen LogP contribution in [0.2, 0.25) is 5.15 Å². The molecule has 0 aliphatic heterocycles. The van der Waals surface area contributed by atoms with Crippen LogP contribution < -0.4 is 10.6 Å². The monoisotopic (exact) mass is 336 g/mol. The highest BCUT2D eigenvalue weighted by atomic mass is 35.5. The van der Waals surface area contributed by atoms with Gasteiger partial charge in [0.25, 0.3) is 5.91 Å². The zero-order valence-corrected chi connectivity index (χ0v) is 13.8. The number of amides is 1. The second-order valence-electron chi connectivity index (χ2n) is 5.65. The van der Waals surface area contributed by atoms with Crippen molar-refractivity contribution in [1.82, 2.24) is 4.98 Å². The van der Waals surface area contributed by atoms with Crippen molar-refractivity contribution in [1.29, 1.82) is 0 Å². The quantitative estimate of drug-likeness (QED) is 0.797. The molecule has 0 bridgehead atoms. The molecule has 0 saturated heterocycles. The van der Waals surface area contributed by atoms with Crippen molar-refractivity contribution in [3.05, 3.63) is 59.1 Å². The molecular formula is C17H20ClFN3O+. The summed E-state index contributed by atoms with van der Waals surface area (Å²) >= 11 is 5.92. The summed E-state index contributed by atoms with van der Waals surface area (Å²) < 4.78 is 13.1. The number of benzene rings is 1. The van der Waals surface area contributed by atoms with Crippen molar-refractivity contribution < 1.29 is 14.5 Å². The van der Waals surface area contributed by atoms with Crippen LogP contribution in [0.15, 0.2) is 42.6 Å². The molecule has 0 aliphatic carbocycles. The van der Waals surface area contributed by atoms with Gasteiger partial charge in [-0.05, 0) is 24.3 Å². The number of quaternary nitrogens is 1. The van der Waals surface area contributed by atoms with Crippen molar-refractivity contribution in [2.24, 2.45) is 5.92 Å². The summed E-state index contributed by atoms with van der Waals surface area (Å²) in [6.07, 6.45) is 1.56. The lowest BCUT2D eigenvalue weighted by atomic mass is 9.96. The Morgan fingerprint density at radius 3 is 2.61 bits per heavy atom. The number of halogens is 2. The summed E-state index contributed by atoms with van der Waals surface area (Å²) in [5.74, 6) is -0.122. The lowest BCUT2D eigenvalue weighted by molar-refractivity contribution is -0.692. The summed E-state index contributed by atoms with van der Waals surface area (Å²) in [5.41, 5.74) is 1.49. The number of nitrogens with zero attached hydrogens (tertiary/aromatic N) is 1. The minimum atomic E-state index is -0.264. The van der Waals surface area contributed by atoms with Gasteiger partial charge in [0.2, 0.25) is 0 Å². The summed E-state index contributed by atoms with van der Waals surface area (Å²) in [5, 5.41) is 4.95. The molecule has 0 spiro atoms. The third kappa shape index (κ3) is 5.01. The minimum absolute atomic E-state index is 0.0747. The highest BCUT2D eigenvalue weighted by molar-refractivity contribution is 6.32. The van der Waals surface area contributed by atoms with E-state index in [1.54, 1.807) is 30.5 Å². The molecule has 4 nitrogen and oxygen atoms in total. The van der Waals surface area contributed by atoms with E-state index in [-0.39, 0.29) is 29.5 Å². The summed E-state index contributed by atoms with van der Waals surface area (Å²) in [6, 6.07) is 9.87. The molecule has 1 aromatic carbocycles. The van der Waals surface area contributed by atoms with Crippen molar-refractivity contribution in [2.75, 3.05) is 11.9 Å². The molecule has 6 heteroatoms. The Balaban J connectivity index is 1.97. The molecule has 1 atom stereocenters. The molecule has 0 saturated carbocycles. The zero-order valence-electron chi connectivity index (χ0n) is 13.1. The number of carbonyl (C=O) groups excluding carboxylic acids is 1. The van der Waals surface area contributed by atoms with Gasteiger partial charge >= 0.3 is 0 Å². The molecule has 2 aromatic rings. The van der Waals surface area contributed by atoms with Crippen LogP contribution in [0, 0.1) is 11.7 Å². The Morgan fingerprint density at radius 2 is 2.00 bits per heavy atom. The zero-order chi connectivity index (χ0) is 16.8. The lowest BCUT2D eigenvalue weighted by Gasteiger charge is -2.19. The predicted octanol–water partition coefficient (Wildman–Crippen LogP) is 2.77. The molecular weight excluding hydrogens is 317 g/mol. The number of carbonyl (C=O) groups is 1. The van der Waals surface area contributed by atoms with Gasteiger partial charge in [-0.1, -0.05) is 37.6 Å². The maximum absolute atomic E-state index is 13.1. The molecule has 0 fully saturated rings. The predicted molar refractivity (Wildman–Crippen MR) is 88.6 cm³/mol. The van der Waals surface area contributed by atoms with Gasteiger partial charge < -0.3 is 10.6 Å². The van der Waals surface area contributed by atoms with Crippen LogP contribution in [0.3, 0.4) is 0 Å². The smallest absolute Gasteiger partial charge is 0.279 e. The van der Waals surface area contributed by atoms with E-state index in [0.29, 0.717) is 11.6 Å². The van der Waals surface area contributed by atoms with Gasteiger partial charge in [0.05, 0.1) is 5.69 Å². The van der Waals surface area contributed by atoms with Crippen LogP contribution in [-0.2, 0) is 4.79 Å². The van der Waals surface area contributed by atoms with Crippen LogP contribution >= 0.6 is 11.6 Å². The third-order valence-electron chi connectivity index (χ3n) is 3.56. The standard InChI is InChI=1S/C17H19ClFN3O/c1-11(2)16(12-5-7-13(19)8-6-12)21-10-15(23)22-14-4-3-9-20-17(14)18/h3-9,11,16,21H,10H2,1-2H3,(H,22,23)/p+1/t16-/m0/s1. The Bertz CT molecular complexity index is 661. The number of hydrogen-bond acceptors (Lipinski definition) is 2. The van der Waals surface area contributed by atoms with Gasteiger partial charge in [-0.2, -0.15) is 0 Å². The van der Waals surface area contributed by atoms with Gasteiger partial charge in [0.15, 0.2) is 11.7 Å². The number of hydrogen-bond donors (Lipinski definition) is 2. The molecule has 1 amide bonds. The minimum Gasteiger partial charge on any atom is -0.332 e. The first-order valence-corrected chi connectivity index (χ1v) is 7.84. The lowest BCUT2D eigenvalue weighted by Crippen LogP contribution is -2.88. The number of aromatic nitrogens is 1. The van der Waals surface area contributed by atoms with E-state index in [4.69, 9.17) is 11.6 Å². The van der Waals surface area contributed by atoms with E-state index in [2.05, 4.69) is 24.1 Å². The van der Waals surface area contributed by atoms with Gasteiger partial charge in [0.1, 0.15) is 11.9 Å². The molecule has 23 heavy (non-hydrogen) atoms. The topological polar surface area (TPSA) is 58.6 Å². The first kappa shape index (κ1) is 17.4. The van der Waals surface area contributed by atoms with Crippen LogP contribution in [0.1, 0.15) is 25.5 Å². The first-order valence-electron chi connectivity index (χ1n) is 7.46. The number of anilines is 1. The van der Waals surface area contributed by atoms with Crippen molar-refractivity contribution in [2.45, 2.75) is 19.9 Å². The largest absolute Gasteiger partial charge is 0.332 e. The van der Waals surface area contributed by atoms with Crippen LogP contribution in [0.25, 0.3) is 0 Å². The van der Waals surface area contributed by atoms with E-state index in [1.807, 2.05) is 5.32 Å². The van der Waals surface area contributed by atoms with Crippen LogP contribution in [0.4, 0.5) is 10.1 Å². The number of pyridine rings is 1. The molecule has 3 N–H and O–H groups in total. The first-order chi connectivity index (χ1) is 11.0. The number of nitrogens with one attached hydrogen (secondary N) is 1. The van der Waals surface area contributed by atoms with Crippen molar-refractivity contribution >= 4 is 23.2 Å². The Kier molecular flexibility index (Phi) is 6.07. The normalized spacial score (nSPS) is 12.2. The maximum atomic E-state index is 13.1.